The molecule has 0 saturated carbocycles. The van der Waals surface area contributed by atoms with E-state index >= 15 is 0 Å². The van der Waals surface area contributed by atoms with Gasteiger partial charge in [0.05, 0.1) is 11.9 Å². The molecule has 84 valence electrons. The number of aryl methyl sites for hydroxylation is 1. The van der Waals surface area contributed by atoms with Crippen molar-refractivity contribution in [2.75, 3.05) is 31.7 Å². The van der Waals surface area contributed by atoms with Crippen molar-refractivity contribution in [1.29, 1.82) is 0 Å². The molecule has 1 rings (SSSR count). The number of rotatable bonds is 4. The molecule has 0 fully saturated rings. The number of nitrogens with two attached hydrogens (primary N) is 1. The molecule has 0 bridgehead atoms. The molecule has 0 aromatic carbocycles. The summed E-state index contributed by atoms with van der Waals surface area (Å²) in [7, 11) is 4.11. The third kappa shape index (κ3) is 3.75. The Morgan fingerprint density at radius 1 is 1.53 bits per heavy atom. The minimum Gasteiger partial charge on any atom is -0.397 e. The largest absolute Gasteiger partial charge is 0.397 e. The van der Waals surface area contributed by atoms with Gasteiger partial charge in [0.15, 0.2) is 0 Å². The summed E-state index contributed by atoms with van der Waals surface area (Å²) in [6, 6.07) is 2.30. The molecule has 4 heteroatoms. The van der Waals surface area contributed by atoms with Gasteiger partial charge in [0.2, 0.25) is 0 Å². The molecule has 15 heavy (non-hydrogen) atoms. The molecule has 0 aliphatic rings. The van der Waals surface area contributed by atoms with Crippen molar-refractivity contribution in [2.45, 2.75) is 19.9 Å². The highest BCUT2D eigenvalue weighted by molar-refractivity contribution is 5.51. The predicted octanol–water partition coefficient (Wildman–Crippen LogP) is 1.33. The lowest BCUT2D eigenvalue weighted by atomic mass is 10.2. The monoisotopic (exact) mass is 208 g/mol. The first-order valence-electron chi connectivity index (χ1n) is 5.12. The van der Waals surface area contributed by atoms with E-state index in [1.807, 2.05) is 13.0 Å². The molecule has 0 saturated heterocycles. The number of hydrogen-bond acceptors (Lipinski definition) is 4. The summed E-state index contributed by atoms with van der Waals surface area (Å²) in [6.45, 7) is 5.12. The van der Waals surface area contributed by atoms with Crippen LogP contribution in [0.5, 0.6) is 0 Å². The van der Waals surface area contributed by atoms with Gasteiger partial charge in [-0.3, -0.25) is 0 Å². The van der Waals surface area contributed by atoms with E-state index in [1.165, 1.54) is 0 Å². The van der Waals surface area contributed by atoms with E-state index in [1.54, 1.807) is 6.20 Å². The smallest absolute Gasteiger partial charge is 0.129 e. The molecule has 1 aromatic heterocycles. The van der Waals surface area contributed by atoms with E-state index in [0.29, 0.717) is 11.7 Å². The Balaban J connectivity index is 2.64. The molecule has 0 radical (unpaired) electrons. The molecule has 1 heterocycles. The maximum absolute atomic E-state index is 5.64. The Morgan fingerprint density at radius 2 is 2.20 bits per heavy atom. The van der Waals surface area contributed by atoms with Crippen LogP contribution in [0.1, 0.15) is 12.5 Å². The summed E-state index contributed by atoms with van der Waals surface area (Å²) in [5, 5.41) is 3.36. The van der Waals surface area contributed by atoms with Crippen molar-refractivity contribution < 1.29 is 0 Å². The second-order valence-corrected chi connectivity index (χ2v) is 4.24. The van der Waals surface area contributed by atoms with Gasteiger partial charge in [-0.25, -0.2) is 4.98 Å². The van der Waals surface area contributed by atoms with Gasteiger partial charge in [-0.05, 0) is 39.6 Å². The molecule has 3 N–H and O–H groups in total. The number of anilines is 2. The van der Waals surface area contributed by atoms with Crippen LogP contribution in [0, 0.1) is 6.92 Å². The van der Waals surface area contributed by atoms with Crippen LogP contribution in [0.25, 0.3) is 0 Å². The number of likely N-dealkylation sites (N-methyl/N-ethyl adjacent to an activating group) is 1. The van der Waals surface area contributed by atoms with Gasteiger partial charge in [-0.1, -0.05) is 0 Å². The molecular weight excluding hydrogens is 188 g/mol. The van der Waals surface area contributed by atoms with Crippen LogP contribution in [0.2, 0.25) is 0 Å². The summed E-state index contributed by atoms with van der Waals surface area (Å²) in [6.07, 6.45) is 1.68. The SMILES string of the molecule is Cc1cc(N)cnc1NC(C)CN(C)C. The number of pyridine rings is 1. The van der Waals surface area contributed by atoms with Gasteiger partial charge in [0.1, 0.15) is 5.82 Å². The quantitative estimate of drug-likeness (QED) is 0.784. The topological polar surface area (TPSA) is 54.2 Å². The molecule has 1 aromatic rings. The summed E-state index contributed by atoms with van der Waals surface area (Å²) in [5.41, 5.74) is 7.43. The number of nitrogen functional groups attached to an aromatic ring is 1. The van der Waals surface area contributed by atoms with E-state index in [2.05, 4.69) is 36.2 Å². The van der Waals surface area contributed by atoms with E-state index in [9.17, 15) is 0 Å². The first-order valence-corrected chi connectivity index (χ1v) is 5.12. The Bertz CT molecular complexity index is 322. The van der Waals surface area contributed by atoms with Crippen LogP contribution >= 0.6 is 0 Å². The van der Waals surface area contributed by atoms with Crippen LogP contribution in [0.3, 0.4) is 0 Å². The molecule has 0 spiro atoms. The molecule has 0 amide bonds. The normalized spacial score (nSPS) is 12.9. The fourth-order valence-corrected chi connectivity index (χ4v) is 1.57. The minimum absolute atomic E-state index is 0.370. The van der Waals surface area contributed by atoms with Crippen LogP contribution in [0.15, 0.2) is 12.3 Å². The standard InChI is InChI=1S/C11H20N4/c1-8-5-10(12)6-13-11(8)14-9(2)7-15(3)4/h5-6,9H,7,12H2,1-4H3,(H,13,14). The van der Waals surface area contributed by atoms with Crippen molar-refractivity contribution in [3.63, 3.8) is 0 Å². The lowest BCUT2D eigenvalue weighted by Gasteiger charge is -2.19. The van der Waals surface area contributed by atoms with Crippen molar-refractivity contribution in [3.05, 3.63) is 17.8 Å². The molecule has 0 aliphatic heterocycles. The summed E-state index contributed by atoms with van der Waals surface area (Å²) in [4.78, 5) is 6.41. The number of aromatic nitrogens is 1. The average Bonchev–Trinajstić information content (AvgIpc) is 2.08. The second-order valence-electron chi connectivity index (χ2n) is 4.24. The average molecular weight is 208 g/mol. The van der Waals surface area contributed by atoms with Crippen molar-refractivity contribution in [3.8, 4) is 0 Å². The predicted molar refractivity (Wildman–Crippen MR) is 65.0 cm³/mol. The number of hydrogen-bond donors (Lipinski definition) is 2. The zero-order valence-electron chi connectivity index (χ0n) is 9.91. The lowest BCUT2D eigenvalue weighted by molar-refractivity contribution is 0.392. The highest BCUT2D eigenvalue weighted by atomic mass is 15.1. The molecule has 4 nitrogen and oxygen atoms in total. The highest BCUT2D eigenvalue weighted by Gasteiger charge is 2.06. The zero-order valence-corrected chi connectivity index (χ0v) is 9.91. The first-order chi connectivity index (χ1) is 6.99. The van der Waals surface area contributed by atoms with Gasteiger partial charge in [-0.2, -0.15) is 0 Å². The Labute approximate surface area is 91.5 Å². The molecule has 1 unspecified atom stereocenters. The fourth-order valence-electron chi connectivity index (χ4n) is 1.57. The van der Waals surface area contributed by atoms with Crippen LogP contribution < -0.4 is 11.1 Å². The third-order valence-corrected chi connectivity index (χ3v) is 2.12. The Hall–Kier alpha value is -1.29. The zero-order chi connectivity index (χ0) is 11.4. The van der Waals surface area contributed by atoms with E-state index < -0.39 is 0 Å². The van der Waals surface area contributed by atoms with Crippen molar-refractivity contribution >= 4 is 11.5 Å². The van der Waals surface area contributed by atoms with Gasteiger partial charge >= 0.3 is 0 Å². The fraction of sp³-hybridized carbons (Fsp3) is 0.545. The third-order valence-electron chi connectivity index (χ3n) is 2.12. The maximum Gasteiger partial charge on any atom is 0.129 e. The Morgan fingerprint density at radius 3 is 2.73 bits per heavy atom. The summed E-state index contributed by atoms with van der Waals surface area (Å²) in [5.74, 6) is 0.915. The van der Waals surface area contributed by atoms with E-state index in [0.717, 1.165) is 17.9 Å². The second kappa shape index (κ2) is 4.98. The summed E-state index contributed by atoms with van der Waals surface area (Å²) >= 11 is 0. The highest BCUT2D eigenvalue weighted by Crippen LogP contribution is 2.14. The molecule has 0 aliphatic carbocycles. The minimum atomic E-state index is 0.370. The van der Waals surface area contributed by atoms with Gasteiger partial charge in [-0.15, -0.1) is 0 Å². The van der Waals surface area contributed by atoms with Crippen LogP contribution in [-0.4, -0.2) is 36.6 Å². The number of nitrogens with one attached hydrogen (secondary N) is 1. The van der Waals surface area contributed by atoms with Crippen molar-refractivity contribution in [1.82, 2.24) is 9.88 Å². The van der Waals surface area contributed by atoms with E-state index in [4.69, 9.17) is 5.73 Å². The van der Waals surface area contributed by atoms with Crippen LogP contribution in [-0.2, 0) is 0 Å². The van der Waals surface area contributed by atoms with E-state index in [-0.39, 0.29) is 0 Å². The lowest BCUT2D eigenvalue weighted by Crippen LogP contribution is -2.30. The number of nitrogens with zero attached hydrogens (tertiary/aromatic N) is 2. The first kappa shape index (κ1) is 11.8. The van der Waals surface area contributed by atoms with Crippen molar-refractivity contribution in [2.24, 2.45) is 0 Å². The molecular formula is C11H20N4. The maximum atomic E-state index is 5.64. The van der Waals surface area contributed by atoms with Gasteiger partial charge in [0.25, 0.3) is 0 Å². The summed E-state index contributed by atoms with van der Waals surface area (Å²) < 4.78 is 0. The van der Waals surface area contributed by atoms with Gasteiger partial charge < -0.3 is 16.0 Å². The van der Waals surface area contributed by atoms with Gasteiger partial charge in [0, 0.05) is 12.6 Å². The molecule has 1 atom stereocenters. The Kier molecular flexibility index (Phi) is 3.91. The van der Waals surface area contributed by atoms with Crippen LogP contribution in [0.4, 0.5) is 11.5 Å².